The quantitative estimate of drug-likeness (QED) is 0.748. The molecule has 0 aromatic heterocycles. The zero-order chi connectivity index (χ0) is 13.3. The highest BCUT2D eigenvalue weighted by Gasteiger charge is 2.15. The summed E-state index contributed by atoms with van der Waals surface area (Å²) < 4.78 is 5.17. The minimum Gasteiger partial charge on any atom is -0.444 e. The molecule has 0 heterocycles. The van der Waals surface area contributed by atoms with Crippen molar-refractivity contribution >= 4 is 6.09 Å². The van der Waals surface area contributed by atoms with Gasteiger partial charge in [0.2, 0.25) is 0 Å². The van der Waals surface area contributed by atoms with Gasteiger partial charge in [0.25, 0.3) is 0 Å². The van der Waals surface area contributed by atoms with Gasteiger partial charge in [-0.25, -0.2) is 4.79 Å². The Bertz CT molecular complexity index is 212. The third kappa shape index (κ3) is 10.1. The summed E-state index contributed by atoms with van der Waals surface area (Å²) in [5.74, 6) is 0. The SMILES string of the molecule is CCCCN(CC)CCNC(=O)OC(C)(C)C. The maximum atomic E-state index is 11.4. The Balaban J connectivity index is 3.70. The van der Waals surface area contributed by atoms with Crippen molar-refractivity contribution in [3.8, 4) is 0 Å². The van der Waals surface area contributed by atoms with Crippen molar-refractivity contribution in [1.29, 1.82) is 0 Å². The van der Waals surface area contributed by atoms with Crippen molar-refractivity contribution in [2.24, 2.45) is 0 Å². The number of hydrogen-bond donors (Lipinski definition) is 1. The van der Waals surface area contributed by atoms with Crippen LogP contribution < -0.4 is 5.32 Å². The molecule has 0 unspecified atom stereocenters. The average molecular weight is 244 g/mol. The fraction of sp³-hybridized carbons (Fsp3) is 0.923. The summed E-state index contributed by atoms with van der Waals surface area (Å²) in [6.45, 7) is 13.6. The van der Waals surface area contributed by atoms with Gasteiger partial charge in [-0.05, 0) is 40.3 Å². The fourth-order valence-electron chi connectivity index (χ4n) is 1.44. The first-order chi connectivity index (χ1) is 7.89. The van der Waals surface area contributed by atoms with Gasteiger partial charge in [-0.3, -0.25) is 0 Å². The number of amides is 1. The van der Waals surface area contributed by atoms with Crippen molar-refractivity contribution < 1.29 is 9.53 Å². The lowest BCUT2D eigenvalue weighted by atomic mass is 10.2. The normalized spacial score (nSPS) is 11.6. The first-order valence-electron chi connectivity index (χ1n) is 6.58. The number of carbonyl (C=O) groups excluding carboxylic acids is 1. The van der Waals surface area contributed by atoms with E-state index in [1.54, 1.807) is 0 Å². The van der Waals surface area contributed by atoms with Crippen LogP contribution in [0.5, 0.6) is 0 Å². The molecule has 102 valence electrons. The molecule has 0 saturated carbocycles. The van der Waals surface area contributed by atoms with Gasteiger partial charge in [-0.1, -0.05) is 20.3 Å². The van der Waals surface area contributed by atoms with Crippen molar-refractivity contribution in [3.05, 3.63) is 0 Å². The highest BCUT2D eigenvalue weighted by atomic mass is 16.6. The van der Waals surface area contributed by atoms with Crippen LogP contribution >= 0.6 is 0 Å². The van der Waals surface area contributed by atoms with E-state index in [4.69, 9.17) is 4.74 Å². The predicted molar refractivity (Wildman–Crippen MR) is 71.3 cm³/mol. The Labute approximate surface area is 106 Å². The van der Waals surface area contributed by atoms with Crippen molar-refractivity contribution in [3.63, 3.8) is 0 Å². The molecule has 0 aromatic rings. The molecule has 1 amide bonds. The molecule has 0 aromatic carbocycles. The number of nitrogens with zero attached hydrogens (tertiary/aromatic N) is 1. The molecule has 0 rings (SSSR count). The molecule has 0 saturated heterocycles. The Hall–Kier alpha value is -0.770. The molecule has 0 aliphatic rings. The number of ether oxygens (including phenoxy) is 1. The molecule has 0 bridgehead atoms. The number of unbranched alkanes of at least 4 members (excludes halogenated alkanes) is 1. The Morgan fingerprint density at radius 3 is 2.35 bits per heavy atom. The molecule has 0 fully saturated rings. The smallest absolute Gasteiger partial charge is 0.407 e. The Morgan fingerprint density at radius 1 is 1.24 bits per heavy atom. The zero-order valence-corrected chi connectivity index (χ0v) is 12.0. The van der Waals surface area contributed by atoms with Crippen LogP contribution in [-0.4, -0.2) is 42.8 Å². The van der Waals surface area contributed by atoms with Crippen LogP contribution in [0.3, 0.4) is 0 Å². The van der Waals surface area contributed by atoms with Gasteiger partial charge in [-0.15, -0.1) is 0 Å². The summed E-state index contributed by atoms with van der Waals surface area (Å²) >= 11 is 0. The molecule has 0 atom stereocenters. The minimum atomic E-state index is -0.420. The van der Waals surface area contributed by atoms with E-state index in [1.807, 2.05) is 20.8 Å². The molecule has 4 nitrogen and oxygen atoms in total. The van der Waals surface area contributed by atoms with Gasteiger partial charge in [0, 0.05) is 13.1 Å². The van der Waals surface area contributed by atoms with Gasteiger partial charge in [-0.2, -0.15) is 0 Å². The summed E-state index contributed by atoms with van der Waals surface area (Å²) in [5, 5.41) is 2.78. The van der Waals surface area contributed by atoms with Crippen LogP contribution in [-0.2, 0) is 4.74 Å². The maximum absolute atomic E-state index is 11.4. The lowest BCUT2D eigenvalue weighted by Crippen LogP contribution is -2.38. The Morgan fingerprint density at radius 2 is 1.88 bits per heavy atom. The highest BCUT2D eigenvalue weighted by Crippen LogP contribution is 2.06. The van der Waals surface area contributed by atoms with Crippen LogP contribution in [0.15, 0.2) is 0 Å². The van der Waals surface area contributed by atoms with Crippen LogP contribution in [0, 0.1) is 0 Å². The second kappa shape index (κ2) is 8.34. The molecule has 0 aliphatic heterocycles. The molecule has 1 N–H and O–H groups in total. The predicted octanol–water partition coefficient (Wildman–Crippen LogP) is 2.63. The van der Waals surface area contributed by atoms with E-state index in [0.717, 1.165) is 19.6 Å². The van der Waals surface area contributed by atoms with Gasteiger partial charge < -0.3 is 15.0 Å². The van der Waals surface area contributed by atoms with Gasteiger partial charge in [0.15, 0.2) is 0 Å². The largest absolute Gasteiger partial charge is 0.444 e. The van der Waals surface area contributed by atoms with E-state index in [-0.39, 0.29) is 6.09 Å². The molecule has 0 spiro atoms. The van der Waals surface area contributed by atoms with Gasteiger partial charge in [0.1, 0.15) is 5.60 Å². The van der Waals surface area contributed by atoms with E-state index < -0.39 is 5.60 Å². The lowest BCUT2D eigenvalue weighted by molar-refractivity contribution is 0.0522. The number of nitrogens with one attached hydrogen (secondary N) is 1. The summed E-state index contributed by atoms with van der Waals surface area (Å²) in [4.78, 5) is 13.7. The summed E-state index contributed by atoms with van der Waals surface area (Å²) in [6, 6.07) is 0. The monoisotopic (exact) mass is 244 g/mol. The topological polar surface area (TPSA) is 41.6 Å². The van der Waals surface area contributed by atoms with Crippen molar-refractivity contribution in [2.45, 2.75) is 53.1 Å². The highest BCUT2D eigenvalue weighted by molar-refractivity contribution is 5.67. The minimum absolute atomic E-state index is 0.330. The fourth-order valence-corrected chi connectivity index (χ4v) is 1.44. The third-order valence-electron chi connectivity index (χ3n) is 2.37. The van der Waals surface area contributed by atoms with Crippen LogP contribution in [0.2, 0.25) is 0 Å². The van der Waals surface area contributed by atoms with E-state index in [1.165, 1.54) is 12.8 Å². The third-order valence-corrected chi connectivity index (χ3v) is 2.37. The molecular formula is C13H28N2O2. The van der Waals surface area contributed by atoms with E-state index in [2.05, 4.69) is 24.1 Å². The first-order valence-corrected chi connectivity index (χ1v) is 6.58. The summed E-state index contributed by atoms with van der Waals surface area (Å²) in [7, 11) is 0. The van der Waals surface area contributed by atoms with Crippen LogP contribution in [0.1, 0.15) is 47.5 Å². The molecular weight excluding hydrogens is 216 g/mol. The number of rotatable bonds is 7. The van der Waals surface area contributed by atoms with Crippen LogP contribution in [0.4, 0.5) is 4.79 Å². The van der Waals surface area contributed by atoms with E-state index in [0.29, 0.717) is 6.54 Å². The number of likely N-dealkylation sites (N-methyl/N-ethyl adjacent to an activating group) is 1. The Kier molecular flexibility index (Phi) is 7.96. The summed E-state index contributed by atoms with van der Waals surface area (Å²) in [6.07, 6.45) is 2.08. The summed E-state index contributed by atoms with van der Waals surface area (Å²) in [5.41, 5.74) is -0.420. The second-order valence-corrected chi connectivity index (χ2v) is 5.22. The molecule has 0 radical (unpaired) electrons. The lowest BCUT2D eigenvalue weighted by Gasteiger charge is -2.22. The number of alkyl carbamates (subject to hydrolysis) is 1. The van der Waals surface area contributed by atoms with Gasteiger partial charge >= 0.3 is 6.09 Å². The zero-order valence-electron chi connectivity index (χ0n) is 12.0. The first kappa shape index (κ1) is 16.2. The molecule has 4 heteroatoms. The van der Waals surface area contributed by atoms with Gasteiger partial charge in [0.05, 0.1) is 0 Å². The number of hydrogen-bond acceptors (Lipinski definition) is 3. The molecule has 17 heavy (non-hydrogen) atoms. The second-order valence-electron chi connectivity index (χ2n) is 5.22. The maximum Gasteiger partial charge on any atom is 0.407 e. The van der Waals surface area contributed by atoms with Crippen molar-refractivity contribution in [2.75, 3.05) is 26.2 Å². The number of carbonyl (C=O) groups is 1. The molecule has 0 aliphatic carbocycles. The van der Waals surface area contributed by atoms with E-state index in [9.17, 15) is 4.79 Å². The van der Waals surface area contributed by atoms with Crippen LogP contribution in [0.25, 0.3) is 0 Å². The standard InChI is InChI=1S/C13H28N2O2/c1-6-8-10-15(7-2)11-9-14-12(16)17-13(3,4)5/h6-11H2,1-5H3,(H,14,16). The van der Waals surface area contributed by atoms with Crippen molar-refractivity contribution in [1.82, 2.24) is 10.2 Å². The average Bonchev–Trinajstić information content (AvgIpc) is 2.20. The van der Waals surface area contributed by atoms with E-state index >= 15 is 0 Å².